The fourth-order valence-electron chi connectivity index (χ4n) is 3.76. The quantitative estimate of drug-likeness (QED) is 0.544. The van der Waals surface area contributed by atoms with Crippen LogP contribution in [0.3, 0.4) is 0 Å². The molecule has 7 nitrogen and oxygen atoms in total. The van der Waals surface area contributed by atoms with E-state index in [1.807, 2.05) is 30.3 Å². The molecule has 1 heterocycles. The van der Waals surface area contributed by atoms with Gasteiger partial charge >= 0.3 is 0 Å². The van der Waals surface area contributed by atoms with Crippen LogP contribution in [0, 0.1) is 0 Å². The van der Waals surface area contributed by atoms with Gasteiger partial charge in [0.15, 0.2) is 0 Å². The number of aryl methyl sites for hydroxylation is 1. The average Bonchev–Trinajstić information content (AvgIpc) is 2.81. The number of likely N-dealkylation sites (N-methyl/N-ethyl adjacent to an activating group) is 1. The molecule has 1 amide bonds. The summed E-state index contributed by atoms with van der Waals surface area (Å²) in [7, 11) is 1.65. The number of carbonyl (C=O) groups is 1. The first-order chi connectivity index (χ1) is 15.1. The fraction of sp³-hybridized carbons (Fsp3) is 0.375. The van der Waals surface area contributed by atoms with E-state index >= 15 is 0 Å². The Morgan fingerprint density at radius 2 is 1.94 bits per heavy atom. The van der Waals surface area contributed by atoms with Gasteiger partial charge in [0.05, 0.1) is 30.4 Å². The second kappa shape index (κ2) is 10.7. The molecule has 7 heteroatoms. The van der Waals surface area contributed by atoms with Crippen LogP contribution in [0.15, 0.2) is 59.7 Å². The zero-order valence-corrected chi connectivity index (χ0v) is 18.4. The molecule has 0 aliphatic rings. The van der Waals surface area contributed by atoms with E-state index in [-0.39, 0.29) is 30.5 Å². The number of hydrogen-bond donors (Lipinski definition) is 1. The minimum absolute atomic E-state index is 0.0408. The number of ether oxygens (including phenoxy) is 1. The predicted octanol–water partition coefficient (Wildman–Crippen LogP) is 2.99. The van der Waals surface area contributed by atoms with Crippen LogP contribution >= 0.6 is 0 Å². The second-order valence-electron chi connectivity index (χ2n) is 7.33. The third-order valence-corrected chi connectivity index (χ3v) is 5.54. The summed E-state index contributed by atoms with van der Waals surface area (Å²) in [4.78, 5) is 31.8. The van der Waals surface area contributed by atoms with Crippen molar-refractivity contribution in [3.63, 3.8) is 0 Å². The van der Waals surface area contributed by atoms with Crippen molar-refractivity contribution in [1.82, 2.24) is 19.8 Å². The molecule has 0 bridgehead atoms. The van der Waals surface area contributed by atoms with Gasteiger partial charge in [-0.15, -0.1) is 0 Å². The molecule has 0 saturated carbocycles. The highest BCUT2D eigenvalue weighted by molar-refractivity contribution is 5.77. The highest BCUT2D eigenvalue weighted by Gasteiger charge is 2.19. The van der Waals surface area contributed by atoms with Crippen LogP contribution in [0.25, 0.3) is 10.9 Å². The van der Waals surface area contributed by atoms with Gasteiger partial charge in [-0.05, 0) is 42.9 Å². The number of aromatic nitrogens is 2. The number of rotatable bonds is 10. The summed E-state index contributed by atoms with van der Waals surface area (Å²) < 4.78 is 6.85. The molecular weight excluding hydrogens is 392 g/mol. The third kappa shape index (κ3) is 5.49. The molecule has 31 heavy (non-hydrogen) atoms. The van der Waals surface area contributed by atoms with Crippen molar-refractivity contribution in [2.75, 3.05) is 26.7 Å². The molecule has 0 fully saturated rings. The number of benzene rings is 2. The van der Waals surface area contributed by atoms with Crippen LogP contribution < -0.4 is 15.6 Å². The maximum Gasteiger partial charge on any atom is 0.261 e. The van der Waals surface area contributed by atoms with Gasteiger partial charge < -0.3 is 10.1 Å². The molecule has 3 aromatic rings. The first-order valence-corrected chi connectivity index (χ1v) is 10.7. The highest BCUT2D eigenvalue weighted by atomic mass is 16.5. The van der Waals surface area contributed by atoms with Crippen molar-refractivity contribution in [2.24, 2.45) is 0 Å². The Hall–Kier alpha value is -3.19. The summed E-state index contributed by atoms with van der Waals surface area (Å²) in [6.45, 7) is 6.73. The van der Waals surface area contributed by atoms with Crippen LogP contribution in [-0.4, -0.2) is 47.1 Å². The Bertz CT molecular complexity index is 1080. The largest absolute Gasteiger partial charge is 0.497 e. The summed E-state index contributed by atoms with van der Waals surface area (Å²) in [5, 5.41) is 3.60. The van der Waals surface area contributed by atoms with Crippen LogP contribution in [0.2, 0.25) is 0 Å². The Labute approximate surface area is 182 Å². The first-order valence-electron chi connectivity index (χ1n) is 10.7. The molecule has 1 N–H and O–H groups in total. The van der Waals surface area contributed by atoms with Crippen molar-refractivity contribution in [3.8, 4) is 5.75 Å². The van der Waals surface area contributed by atoms with E-state index < -0.39 is 0 Å². The second-order valence-corrected chi connectivity index (χ2v) is 7.33. The third-order valence-electron chi connectivity index (χ3n) is 5.54. The highest BCUT2D eigenvalue weighted by Crippen LogP contribution is 2.23. The molecule has 0 spiro atoms. The SMILES string of the molecule is CCN(CC)[C@@H](CNC(=O)CCn1cnc2ccccc2c1=O)c1cccc(OC)c1. The molecule has 164 valence electrons. The molecule has 0 radical (unpaired) electrons. The van der Waals surface area contributed by atoms with Gasteiger partial charge in [-0.1, -0.05) is 38.1 Å². The smallest absolute Gasteiger partial charge is 0.261 e. The van der Waals surface area contributed by atoms with Gasteiger partial charge in [0.25, 0.3) is 5.56 Å². The lowest BCUT2D eigenvalue weighted by Gasteiger charge is -2.30. The lowest BCUT2D eigenvalue weighted by molar-refractivity contribution is -0.121. The minimum Gasteiger partial charge on any atom is -0.497 e. The summed E-state index contributed by atoms with van der Waals surface area (Å²) in [6, 6.07) is 15.2. The predicted molar refractivity (Wildman–Crippen MR) is 122 cm³/mol. The molecule has 2 aromatic carbocycles. The molecule has 3 rings (SSSR count). The number of para-hydroxylation sites is 1. The number of fused-ring (bicyclic) bond motifs is 1. The normalized spacial score (nSPS) is 12.1. The van der Waals surface area contributed by atoms with Crippen LogP contribution in [-0.2, 0) is 11.3 Å². The summed E-state index contributed by atoms with van der Waals surface area (Å²) >= 11 is 0. The molecule has 1 atom stereocenters. The van der Waals surface area contributed by atoms with E-state index in [1.165, 1.54) is 10.9 Å². The number of nitrogens with zero attached hydrogens (tertiary/aromatic N) is 3. The molecule has 0 saturated heterocycles. The maximum atomic E-state index is 12.6. The van der Waals surface area contributed by atoms with Gasteiger partial charge in [0, 0.05) is 19.5 Å². The molecule has 1 aromatic heterocycles. The number of methoxy groups -OCH3 is 1. The topological polar surface area (TPSA) is 76.5 Å². The van der Waals surface area contributed by atoms with Crippen molar-refractivity contribution in [2.45, 2.75) is 32.9 Å². The number of hydrogen-bond acceptors (Lipinski definition) is 5. The van der Waals surface area contributed by atoms with Crippen LogP contribution in [0.4, 0.5) is 0 Å². The average molecular weight is 423 g/mol. The summed E-state index contributed by atoms with van der Waals surface area (Å²) in [5.74, 6) is 0.698. The van der Waals surface area contributed by atoms with Crippen molar-refractivity contribution >= 4 is 16.8 Å². The van der Waals surface area contributed by atoms with Gasteiger partial charge in [-0.3, -0.25) is 19.1 Å². The number of nitrogens with one attached hydrogen (secondary N) is 1. The minimum atomic E-state index is -0.129. The summed E-state index contributed by atoms with van der Waals surface area (Å²) in [5.41, 5.74) is 1.63. The van der Waals surface area contributed by atoms with E-state index in [4.69, 9.17) is 4.74 Å². The van der Waals surface area contributed by atoms with E-state index in [9.17, 15) is 9.59 Å². The summed E-state index contributed by atoms with van der Waals surface area (Å²) in [6.07, 6.45) is 1.72. The first kappa shape index (κ1) is 22.5. The molecular formula is C24H30N4O3. The standard InChI is InChI=1S/C24H30N4O3/c1-4-27(5-2)22(18-9-8-10-19(15-18)31-3)16-25-23(29)13-14-28-17-26-21-12-7-6-11-20(21)24(28)30/h6-12,15,17,22H,4-5,13-14,16H2,1-3H3,(H,25,29)/t22-/m0/s1. The monoisotopic (exact) mass is 422 g/mol. The Balaban J connectivity index is 1.65. The van der Waals surface area contributed by atoms with E-state index in [0.717, 1.165) is 24.4 Å². The van der Waals surface area contributed by atoms with E-state index in [0.29, 0.717) is 17.4 Å². The van der Waals surface area contributed by atoms with Gasteiger partial charge in [0.2, 0.25) is 5.91 Å². The molecule has 0 aliphatic heterocycles. The van der Waals surface area contributed by atoms with Crippen LogP contribution in [0.1, 0.15) is 31.9 Å². The molecule has 0 aliphatic carbocycles. The zero-order valence-electron chi connectivity index (χ0n) is 18.4. The zero-order chi connectivity index (χ0) is 22.2. The Morgan fingerprint density at radius 1 is 1.16 bits per heavy atom. The van der Waals surface area contributed by atoms with Crippen molar-refractivity contribution in [1.29, 1.82) is 0 Å². The van der Waals surface area contributed by atoms with E-state index in [1.54, 1.807) is 19.2 Å². The number of amides is 1. The van der Waals surface area contributed by atoms with E-state index in [2.05, 4.69) is 35.1 Å². The van der Waals surface area contributed by atoms with Crippen molar-refractivity contribution in [3.05, 3.63) is 70.8 Å². The Kier molecular flexibility index (Phi) is 7.78. The van der Waals surface area contributed by atoms with Crippen LogP contribution in [0.5, 0.6) is 5.75 Å². The van der Waals surface area contributed by atoms with Gasteiger partial charge in [-0.25, -0.2) is 4.98 Å². The maximum absolute atomic E-state index is 12.6. The lowest BCUT2D eigenvalue weighted by Crippen LogP contribution is -2.38. The van der Waals surface area contributed by atoms with Crippen molar-refractivity contribution < 1.29 is 9.53 Å². The Morgan fingerprint density at radius 3 is 2.68 bits per heavy atom. The fourth-order valence-corrected chi connectivity index (χ4v) is 3.76. The molecule has 0 unspecified atom stereocenters. The van der Waals surface area contributed by atoms with Gasteiger partial charge in [0.1, 0.15) is 5.75 Å². The number of carbonyl (C=O) groups excluding carboxylic acids is 1. The van der Waals surface area contributed by atoms with Gasteiger partial charge in [-0.2, -0.15) is 0 Å². The lowest BCUT2D eigenvalue weighted by atomic mass is 10.0.